The number of aromatic carboxylic acids is 1. The van der Waals surface area contributed by atoms with Gasteiger partial charge in [-0.3, -0.25) is 4.79 Å². The van der Waals surface area contributed by atoms with Crippen LogP contribution in [0.5, 0.6) is 11.5 Å². The van der Waals surface area contributed by atoms with E-state index < -0.39 is 18.1 Å². The fraction of sp³-hybridized carbons (Fsp3) is 0.261. The molecule has 8 heteroatoms. The Hall–Kier alpha value is -3.83. The van der Waals surface area contributed by atoms with Gasteiger partial charge < -0.3 is 25.5 Å². The quantitative estimate of drug-likeness (QED) is 0.564. The maximum Gasteiger partial charge on any atom is 0.335 e. The lowest BCUT2D eigenvalue weighted by Crippen LogP contribution is -2.46. The first-order valence-electron chi connectivity index (χ1n) is 10.0. The number of likely N-dealkylation sites (tertiary alicyclic amines) is 1. The van der Waals surface area contributed by atoms with Crippen molar-refractivity contribution in [3.8, 4) is 17.6 Å². The molecule has 8 nitrogen and oxygen atoms in total. The molecule has 1 aromatic heterocycles. The Bertz CT molecular complexity index is 1160. The number of aromatic amines is 1. The van der Waals surface area contributed by atoms with Crippen molar-refractivity contribution in [2.24, 2.45) is 5.73 Å². The largest absolute Gasteiger partial charge is 0.478 e. The zero-order chi connectivity index (χ0) is 22.0. The summed E-state index contributed by atoms with van der Waals surface area (Å²) in [6.07, 6.45) is 3.67. The van der Waals surface area contributed by atoms with Crippen molar-refractivity contribution < 1.29 is 19.4 Å². The maximum absolute atomic E-state index is 12.7. The van der Waals surface area contributed by atoms with Crippen molar-refractivity contribution in [1.29, 1.82) is 5.26 Å². The summed E-state index contributed by atoms with van der Waals surface area (Å²) < 4.78 is 5.86. The number of nitrogens with one attached hydrogen (secondary N) is 1. The van der Waals surface area contributed by atoms with Gasteiger partial charge in [0.15, 0.2) is 0 Å². The number of hydrogen-bond donors (Lipinski definition) is 3. The summed E-state index contributed by atoms with van der Waals surface area (Å²) in [6, 6.07) is 12.7. The molecule has 158 valence electrons. The Kier molecular flexibility index (Phi) is 5.60. The molecule has 2 atom stereocenters. The minimum atomic E-state index is -0.995. The molecule has 1 aliphatic rings. The standard InChI is InChI=1S/C23H22N4O4/c24-12-16-2-1-9-27(16)22(28)20(25)10-15-13-26-21-8-7-18(11-19(15)21)31-17-5-3-14(4-6-17)23(29)30/h3-8,11,13,16,20,26H,1-2,9-10,25H2,(H,29,30). The number of hydrogen-bond acceptors (Lipinski definition) is 5. The summed E-state index contributed by atoms with van der Waals surface area (Å²) in [6.45, 7) is 0.567. The summed E-state index contributed by atoms with van der Waals surface area (Å²) in [5.74, 6) is -0.0968. The minimum absolute atomic E-state index is 0.186. The zero-order valence-electron chi connectivity index (χ0n) is 16.7. The number of aromatic nitrogens is 1. The van der Waals surface area contributed by atoms with Gasteiger partial charge in [-0.15, -0.1) is 0 Å². The lowest BCUT2D eigenvalue weighted by molar-refractivity contribution is -0.132. The average molecular weight is 418 g/mol. The van der Waals surface area contributed by atoms with Crippen molar-refractivity contribution in [2.45, 2.75) is 31.3 Å². The highest BCUT2D eigenvalue weighted by molar-refractivity contribution is 5.88. The van der Waals surface area contributed by atoms with Gasteiger partial charge in [0.05, 0.1) is 17.7 Å². The van der Waals surface area contributed by atoms with Crippen LogP contribution in [0.25, 0.3) is 10.9 Å². The van der Waals surface area contributed by atoms with Gasteiger partial charge in [-0.1, -0.05) is 0 Å². The Morgan fingerprint density at radius 1 is 1.26 bits per heavy atom. The highest BCUT2D eigenvalue weighted by Crippen LogP contribution is 2.28. The van der Waals surface area contributed by atoms with Gasteiger partial charge in [-0.05, 0) is 67.3 Å². The molecule has 2 unspecified atom stereocenters. The number of H-pyrrole nitrogens is 1. The van der Waals surface area contributed by atoms with Crippen LogP contribution in [0.2, 0.25) is 0 Å². The van der Waals surface area contributed by atoms with E-state index in [4.69, 9.17) is 15.6 Å². The highest BCUT2D eigenvalue weighted by atomic mass is 16.5. The molecule has 2 aromatic carbocycles. The van der Waals surface area contributed by atoms with Crippen molar-refractivity contribution in [2.75, 3.05) is 6.54 Å². The number of nitrogens with zero attached hydrogens (tertiary/aromatic N) is 2. The zero-order valence-corrected chi connectivity index (χ0v) is 16.7. The first-order chi connectivity index (χ1) is 15.0. The third-order valence-electron chi connectivity index (χ3n) is 5.52. The van der Waals surface area contributed by atoms with E-state index in [1.165, 1.54) is 12.1 Å². The average Bonchev–Trinajstić information content (AvgIpc) is 3.40. The van der Waals surface area contributed by atoms with Crippen molar-refractivity contribution in [3.63, 3.8) is 0 Å². The normalized spacial score (nSPS) is 16.8. The summed E-state index contributed by atoms with van der Waals surface area (Å²) in [5.41, 5.74) is 8.16. The summed E-state index contributed by atoms with van der Waals surface area (Å²) in [7, 11) is 0. The van der Waals surface area contributed by atoms with E-state index in [0.29, 0.717) is 30.9 Å². The number of ether oxygens (including phenoxy) is 1. The first-order valence-corrected chi connectivity index (χ1v) is 10.0. The monoisotopic (exact) mass is 418 g/mol. The topological polar surface area (TPSA) is 132 Å². The Morgan fingerprint density at radius 3 is 2.71 bits per heavy atom. The molecule has 0 saturated carbocycles. The van der Waals surface area contributed by atoms with E-state index in [0.717, 1.165) is 22.9 Å². The van der Waals surface area contributed by atoms with Gasteiger partial charge in [-0.2, -0.15) is 5.26 Å². The molecule has 3 aromatic rings. The first kappa shape index (κ1) is 20.4. The highest BCUT2D eigenvalue weighted by Gasteiger charge is 2.31. The fourth-order valence-electron chi connectivity index (χ4n) is 3.89. The summed E-state index contributed by atoms with van der Waals surface area (Å²) in [5, 5.41) is 19.1. The number of carboxylic acids is 1. The predicted molar refractivity (Wildman–Crippen MR) is 114 cm³/mol. The summed E-state index contributed by atoms with van der Waals surface area (Å²) >= 11 is 0. The molecule has 2 heterocycles. The second kappa shape index (κ2) is 8.50. The third kappa shape index (κ3) is 4.22. The van der Waals surface area contributed by atoms with Gasteiger partial charge >= 0.3 is 5.97 Å². The number of benzene rings is 2. The van der Waals surface area contributed by atoms with Crippen LogP contribution in [-0.4, -0.2) is 45.5 Å². The van der Waals surface area contributed by atoms with Crippen LogP contribution < -0.4 is 10.5 Å². The number of carboxylic acid groups (broad SMARTS) is 1. The predicted octanol–water partition coefficient (Wildman–Crippen LogP) is 3.04. The van der Waals surface area contributed by atoms with E-state index in [-0.39, 0.29) is 11.5 Å². The maximum atomic E-state index is 12.7. The fourth-order valence-corrected chi connectivity index (χ4v) is 3.89. The van der Waals surface area contributed by atoms with Crippen molar-refractivity contribution in [1.82, 2.24) is 9.88 Å². The van der Waals surface area contributed by atoms with E-state index in [2.05, 4.69) is 11.1 Å². The van der Waals surface area contributed by atoms with Gasteiger partial charge in [0.1, 0.15) is 17.5 Å². The molecule has 1 aliphatic heterocycles. The number of nitriles is 1. The summed E-state index contributed by atoms with van der Waals surface area (Å²) in [4.78, 5) is 28.5. The molecule has 4 rings (SSSR count). The van der Waals surface area contributed by atoms with Gasteiger partial charge in [0.2, 0.25) is 5.91 Å². The van der Waals surface area contributed by atoms with E-state index in [9.17, 15) is 14.9 Å². The Morgan fingerprint density at radius 2 is 2.00 bits per heavy atom. The SMILES string of the molecule is N#CC1CCCN1C(=O)C(N)Cc1c[nH]c2ccc(Oc3ccc(C(=O)O)cc3)cc12. The number of carbonyl (C=O) groups excluding carboxylic acids is 1. The van der Waals surface area contributed by atoms with Gasteiger partial charge in [-0.25, -0.2) is 4.79 Å². The number of carbonyl (C=O) groups is 2. The van der Waals surface area contributed by atoms with Crippen LogP contribution in [0, 0.1) is 11.3 Å². The van der Waals surface area contributed by atoms with Crippen molar-refractivity contribution >= 4 is 22.8 Å². The van der Waals surface area contributed by atoms with Crippen LogP contribution in [0.1, 0.15) is 28.8 Å². The van der Waals surface area contributed by atoms with Crippen molar-refractivity contribution in [3.05, 3.63) is 59.8 Å². The number of fused-ring (bicyclic) bond motifs is 1. The van der Waals surface area contributed by atoms with Crippen LogP contribution >= 0.6 is 0 Å². The Labute approximate surface area is 178 Å². The van der Waals surface area contributed by atoms with Crippen LogP contribution in [-0.2, 0) is 11.2 Å². The Balaban J connectivity index is 1.51. The molecule has 0 spiro atoms. The molecule has 1 saturated heterocycles. The van der Waals surface area contributed by atoms with Crippen LogP contribution in [0.3, 0.4) is 0 Å². The van der Waals surface area contributed by atoms with Crippen LogP contribution in [0.4, 0.5) is 0 Å². The lowest BCUT2D eigenvalue weighted by atomic mass is 10.0. The molecule has 31 heavy (non-hydrogen) atoms. The minimum Gasteiger partial charge on any atom is -0.478 e. The molecular formula is C23H22N4O4. The van der Waals surface area contributed by atoms with E-state index in [1.807, 2.05) is 18.3 Å². The van der Waals surface area contributed by atoms with Gasteiger partial charge in [0.25, 0.3) is 0 Å². The number of rotatable bonds is 6. The molecular weight excluding hydrogens is 396 g/mol. The third-order valence-corrected chi connectivity index (χ3v) is 5.52. The molecule has 1 fully saturated rings. The molecule has 0 radical (unpaired) electrons. The second-order valence-corrected chi connectivity index (χ2v) is 7.58. The van der Waals surface area contributed by atoms with Gasteiger partial charge in [0, 0.05) is 23.6 Å². The number of amides is 1. The molecule has 0 aliphatic carbocycles. The smallest absolute Gasteiger partial charge is 0.335 e. The second-order valence-electron chi connectivity index (χ2n) is 7.58. The molecule has 4 N–H and O–H groups in total. The number of nitrogens with two attached hydrogens (primary N) is 1. The lowest BCUT2D eigenvalue weighted by Gasteiger charge is -2.23. The van der Waals surface area contributed by atoms with E-state index in [1.54, 1.807) is 23.1 Å². The molecule has 0 bridgehead atoms. The van der Waals surface area contributed by atoms with Crippen LogP contribution in [0.15, 0.2) is 48.7 Å². The van der Waals surface area contributed by atoms with E-state index >= 15 is 0 Å². The molecule has 1 amide bonds.